The van der Waals surface area contributed by atoms with E-state index in [1.165, 1.54) is 5.56 Å². The molecule has 2 aromatic heterocycles. The van der Waals surface area contributed by atoms with Gasteiger partial charge >= 0.3 is 0 Å². The van der Waals surface area contributed by atoms with Gasteiger partial charge in [0, 0.05) is 31.2 Å². The first-order valence-corrected chi connectivity index (χ1v) is 10.5. The number of carbonyl (C=O) groups excluding carboxylic acids is 1. The Hall–Kier alpha value is -2.67. The van der Waals surface area contributed by atoms with E-state index in [1.807, 2.05) is 52.9 Å². The summed E-state index contributed by atoms with van der Waals surface area (Å²) in [5.74, 6) is 1.81. The van der Waals surface area contributed by atoms with Crippen molar-refractivity contribution in [1.82, 2.24) is 24.6 Å². The molecule has 1 atom stereocenters. The molecule has 1 aromatic carbocycles. The third-order valence-electron chi connectivity index (χ3n) is 5.01. The lowest BCUT2D eigenvalue weighted by Crippen LogP contribution is -2.33. The van der Waals surface area contributed by atoms with Crippen molar-refractivity contribution in [3.8, 4) is 0 Å². The van der Waals surface area contributed by atoms with Crippen LogP contribution in [0.5, 0.6) is 0 Å². The van der Waals surface area contributed by atoms with E-state index in [0.29, 0.717) is 6.42 Å². The molecule has 3 heterocycles. The van der Waals surface area contributed by atoms with Crippen LogP contribution in [0.25, 0.3) is 0 Å². The van der Waals surface area contributed by atoms with E-state index >= 15 is 0 Å². The zero-order valence-corrected chi connectivity index (χ0v) is 16.7. The van der Waals surface area contributed by atoms with Gasteiger partial charge in [-0.2, -0.15) is 0 Å². The van der Waals surface area contributed by atoms with Crippen molar-refractivity contribution in [3.05, 3.63) is 71.8 Å². The van der Waals surface area contributed by atoms with Crippen molar-refractivity contribution in [2.75, 3.05) is 6.54 Å². The van der Waals surface area contributed by atoms with E-state index in [9.17, 15) is 4.79 Å². The summed E-state index contributed by atoms with van der Waals surface area (Å²) in [5, 5.41) is 9.69. The zero-order valence-electron chi connectivity index (χ0n) is 15.9. The molecule has 0 aliphatic carbocycles. The summed E-state index contributed by atoms with van der Waals surface area (Å²) in [7, 11) is 1.99. The number of hydrogen-bond acceptors (Lipinski definition) is 5. The summed E-state index contributed by atoms with van der Waals surface area (Å²) in [6.07, 6.45) is 3.95. The minimum atomic E-state index is -0.0141. The van der Waals surface area contributed by atoms with E-state index in [4.69, 9.17) is 0 Å². The van der Waals surface area contributed by atoms with Crippen molar-refractivity contribution >= 4 is 17.7 Å². The molecule has 3 aromatic rings. The van der Waals surface area contributed by atoms with Crippen LogP contribution in [0.1, 0.15) is 36.0 Å². The van der Waals surface area contributed by atoms with Crippen LogP contribution in [0.3, 0.4) is 0 Å². The van der Waals surface area contributed by atoms with Crippen LogP contribution in [0.2, 0.25) is 0 Å². The van der Waals surface area contributed by atoms with Crippen LogP contribution < -0.4 is 0 Å². The van der Waals surface area contributed by atoms with E-state index in [-0.39, 0.29) is 11.9 Å². The summed E-state index contributed by atoms with van der Waals surface area (Å²) >= 11 is 1.67. The predicted octanol–water partition coefficient (Wildman–Crippen LogP) is 3.41. The molecular weight excluding hydrogens is 370 g/mol. The molecule has 0 radical (unpaired) electrons. The molecule has 1 aliphatic rings. The Labute approximate surface area is 169 Å². The number of carbonyl (C=O) groups is 1. The molecule has 1 aliphatic heterocycles. The van der Waals surface area contributed by atoms with Crippen molar-refractivity contribution in [2.24, 2.45) is 7.05 Å². The molecule has 1 fully saturated rings. The van der Waals surface area contributed by atoms with Crippen LogP contribution in [0.4, 0.5) is 0 Å². The van der Waals surface area contributed by atoms with Crippen LogP contribution in [0.15, 0.2) is 59.9 Å². The molecule has 1 amide bonds. The minimum absolute atomic E-state index is 0.0141. The molecule has 28 heavy (non-hydrogen) atoms. The Kier molecular flexibility index (Phi) is 5.71. The van der Waals surface area contributed by atoms with Crippen LogP contribution >= 0.6 is 11.8 Å². The van der Waals surface area contributed by atoms with E-state index in [2.05, 4.69) is 27.3 Å². The number of benzene rings is 1. The number of hydrogen-bond donors (Lipinski definition) is 0. The lowest BCUT2D eigenvalue weighted by Gasteiger charge is -2.24. The second-order valence-electron chi connectivity index (χ2n) is 6.92. The smallest absolute Gasteiger partial charge is 0.229 e. The summed E-state index contributed by atoms with van der Waals surface area (Å²) in [6, 6.07) is 16.0. The molecule has 0 unspecified atom stereocenters. The van der Waals surface area contributed by atoms with Crippen molar-refractivity contribution < 1.29 is 4.79 Å². The van der Waals surface area contributed by atoms with Crippen LogP contribution in [-0.4, -0.2) is 37.1 Å². The minimum Gasteiger partial charge on any atom is -0.332 e. The van der Waals surface area contributed by atoms with Gasteiger partial charge in [0.25, 0.3) is 0 Å². The van der Waals surface area contributed by atoms with Gasteiger partial charge in [0.15, 0.2) is 11.0 Å². The van der Waals surface area contributed by atoms with Gasteiger partial charge in [0.2, 0.25) is 5.91 Å². The highest BCUT2D eigenvalue weighted by Crippen LogP contribution is 2.33. The largest absolute Gasteiger partial charge is 0.332 e. The first-order valence-electron chi connectivity index (χ1n) is 9.48. The zero-order chi connectivity index (χ0) is 19.3. The lowest BCUT2D eigenvalue weighted by atomic mass is 10.2. The summed E-state index contributed by atoms with van der Waals surface area (Å²) < 4.78 is 2.03. The molecule has 0 saturated carbocycles. The van der Waals surface area contributed by atoms with E-state index < -0.39 is 0 Å². The number of nitrogens with zero attached hydrogens (tertiary/aromatic N) is 5. The third kappa shape index (κ3) is 4.09. The number of likely N-dealkylation sites (tertiary alicyclic amines) is 1. The van der Waals surface area contributed by atoms with Gasteiger partial charge < -0.3 is 9.47 Å². The van der Waals surface area contributed by atoms with Gasteiger partial charge in [-0.3, -0.25) is 9.78 Å². The van der Waals surface area contributed by atoms with E-state index in [1.54, 1.807) is 18.0 Å². The fourth-order valence-corrected chi connectivity index (χ4v) is 4.43. The molecule has 0 bridgehead atoms. The van der Waals surface area contributed by atoms with Crippen molar-refractivity contribution in [2.45, 2.75) is 36.2 Å². The summed E-state index contributed by atoms with van der Waals surface area (Å²) in [4.78, 5) is 19.1. The van der Waals surface area contributed by atoms with Crippen LogP contribution in [-0.2, 0) is 24.0 Å². The van der Waals surface area contributed by atoms with Gasteiger partial charge in [0.1, 0.15) is 0 Å². The average molecular weight is 394 g/mol. The maximum Gasteiger partial charge on any atom is 0.229 e. The standard InChI is InChI=1S/C21H23N5OS/c1-25-20(23-24-21(25)28-15-16-8-3-2-4-9-16)18-11-7-13-26(18)19(27)14-17-10-5-6-12-22-17/h2-6,8-10,12,18H,7,11,13-15H2,1H3/t18-/m0/s1. The number of thioether (sulfide) groups is 1. The fraction of sp³-hybridized carbons (Fsp3) is 0.333. The first-order chi connectivity index (χ1) is 13.7. The quantitative estimate of drug-likeness (QED) is 0.601. The number of pyridine rings is 1. The monoisotopic (exact) mass is 393 g/mol. The Morgan fingerprint density at radius 1 is 1.14 bits per heavy atom. The van der Waals surface area contributed by atoms with Gasteiger partial charge in [-0.1, -0.05) is 48.2 Å². The average Bonchev–Trinajstić information content (AvgIpc) is 3.34. The first kappa shape index (κ1) is 18.7. The highest BCUT2D eigenvalue weighted by molar-refractivity contribution is 7.98. The highest BCUT2D eigenvalue weighted by Gasteiger charge is 2.33. The summed E-state index contributed by atoms with van der Waals surface area (Å²) in [5.41, 5.74) is 2.06. The molecule has 144 valence electrons. The molecule has 7 heteroatoms. The van der Waals surface area contributed by atoms with Gasteiger partial charge in [-0.15, -0.1) is 10.2 Å². The Balaban J connectivity index is 1.45. The molecular formula is C21H23N5OS. The molecule has 1 saturated heterocycles. The second-order valence-corrected chi connectivity index (χ2v) is 7.86. The van der Waals surface area contributed by atoms with E-state index in [0.717, 1.165) is 41.8 Å². The predicted molar refractivity (Wildman–Crippen MR) is 109 cm³/mol. The van der Waals surface area contributed by atoms with Gasteiger partial charge in [-0.05, 0) is 30.5 Å². The maximum absolute atomic E-state index is 12.9. The fourth-order valence-electron chi connectivity index (χ4n) is 3.56. The molecule has 0 spiro atoms. The van der Waals surface area contributed by atoms with Crippen molar-refractivity contribution in [3.63, 3.8) is 0 Å². The van der Waals surface area contributed by atoms with Crippen LogP contribution in [0, 0.1) is 0 Å². The van der Waals surface area contributed by atoms with Crippen molar-refractivity contribution in [1.29, 1.82) is 0 Å². The van der Waals surface area contributed by atoms with Gasteiger partial charge in [-0.25, -0.2) is 0 Å². The summed E-state index contributed by atoms with van der Waals surface area (Å²) in [6.45, 7) is 0.760. The van der Waals surface area contributed by atoms with Gasteiger partial charge in [0.05, 0.1) is 12.5 Å². The molecule has 4 rings (SSSR count). The Morgan fingerprint density at radius 2 is 1.96 bits per heavy atom. The number of rotatable bonds is 6. The normalized spacial score (nSPS) is 16.5. The second kappa shape index (κ2) is 8.56. The topological polar surface area (TPSA) is 63.9 Å². The molecule has 6 nitrogen and oxygen atoms in total. The number of aromatic nitrogens is 4. The maximum atomic E-state index is 12.9. The molecule has 0 N–H and O–H groups in total. The SMILES string of the molecule is Cn1c(SCc2ccccc2)nnc1[C@@H]1CCCN1C(=O)Cc1ccccn1. The Morgan fingerprint density at radius 3 is 2.75 bits per heavy atom. The third-order valence-corrected chi connectivity index (χ3v) is 6.10. The highest BCUT2D eigenvalue weighted by atomic mass is 32.2. The Bertz CT molecular complexity index is 928. The number of amides is 1. The lowest BCUT2D eigenvalue weighted by molar-refractivity contribution is -0.131.